The van der Waals surface area contributed by atoms with Crippen molar-refractivity contribution >= 4 is 38.9 Å². The predicted molar refractivity (Wildman–Crippen MR) is 247 cm³/mol. The Balaban J connectivity index is 1.01. The Morgan fingerprint density at radius 3 is 1.29 bits per heavy atom. The Labute approximate surface area is 340 Å². The van der Waals surface area contributed by atoms with Gasteiger partial charge in [-0.2, -0.15) is 0 Å². The largest absolute Gasteiger partial charge is 0.310 e. The van der Waals surface area contributed by atoms with E-state index in [-0.39, 0.29) is 0 Å². The van der Waals surface area contributed by atoms with Crippen molar-refractivity contribution in [3.8, 4) is 50.2 Å². The SMILES string of the molecule is Cc1cc(C)cc(-c2cccc(-c3cccc(N(c4ccc(-c5ccccc5)cc4)c4ccc(-c5ccc(-n6c7ccccc7c7ccccc76)cc5)cc4)c3)c2)c1. The van der Waals surface area contributed by atoms with Crippen LogP contribution in [0, 0.1) is 13.8 Å². The molecular weight excluding hydrogens is 701 g/mol. The van der Waals surface area contributed by atoms with Gasteiger partial charge in [-0.25, -0.2) is 0 Å². The van der Waals surface area contributed by atoms with Crippen molar-refractivity contribution < 1.29 is 0 Å². The fourth-order valence-corrected chi connectivity index (χ4v) is 8.53. The summed E-state index contributed by atoms with van der Waals surface area (Å²) < 4.78 is 2.37. The van der Waals surface area contributed by atoms with E-state index in [1.807, 2.05) is 0 Å². The van der Waals surface area contributed by atoms with E-state index >= 15 is 0 Å². The number of benzene rings is 9. The molecule has 0 spiro atoms. The fraction of sp³-hybridized carbons (Fsp3) is 0.0357. The first-order valence-electron chi connectivity index (χ1n) is 20.0. The lowest BCUT2D eigenvalue weighted by molar-refractivity contribution is 1.18. The lowest BCUT2D eigenvalue weighted by Gasteiger charge is -2.26. The molecule has 10 aromatic rings. The maximum atomic E-state index is 2.37. The van der Waals surface area contributed by atoms with Gasteiger partial charge in [-0.1, -0.05) is 163 Å². The highest BCUT2D eigenvalue weighted by Gasteiger charge is 2.16. The van der Waals surface area contributed by atoms with Crippen molar-refractivity contribution in [3.05, 3.63) is 230 Å². The lowest BCUT2D eigenvalue weighted by atomic mass is 9.96. The molecule has 0 aliphatic rings. The van der Waals surface area contributed by atoms with E-state index in [2.05, 4.69) is 242 Å². The number of nitrogens with zero attached hydrogens (tertiary/aromatic N) is 2. The normalized spacial score (nSPS) is 11.3. The standard InChI is InChI=1S/C56H42N2/c1-39-34-40(2)36-48(35-39)46-15-10-14-45(37-46)47-16-11-17-52(38-47)57(49-28-22-42(23-29-49)41-12-4-3-5-13-41)50-30-24-43(25-31-50)44-26-32-51(33-27-44)58-55-20-8-6-18-53(55)54-19-7-9-21-56(54)58/h3-38H,1-2H3. The van der Waals surface area contributed by atoms with Crippen molar-refractivity contribution in [1.29, 1.82) is 0 Å². The first kappa shape index (κ1) is 35.0. The Morgan fingerprint density at radius 1 is 0.293 bits per heavy atom. The second-order valence-electron chi connectivity index (χ2n) is 15.2. The van der Waals surface area contributed by atoms with Crippen molar-refractivity contribution in [2.45, 2.75) is 13.8 Å². The minimum atomic E-state index is 1.10. The molecule has 0 amide bonds. The van der Waals surface area contributed by atoms with Crippen molar-refractivity contribution in [2.75, 3.05) is 4.90 Å². The van der Waals surface area contributed by atoms with Crippen LogP contribution < -0.4 is 4.90 Å². The van der Waals surface area contributed by atoms with Crippen LogP contribution >= 0.6 is 0 Å². The third-order valence-corrected chi connectivity index (χ3v) is 11.3. The summed E-state index contributed by atoms with van der Waals surface area (Å²) in [5.74, 6) is 0. The molecule has 10 rings (SSSR count). The van der Waals surface area contributed by atoms with E-state index in [4.69, 9.17) is 0 Å². The van der Waals surface area contributed by atoms with E-state index < -0.39 is 0 Å². The number of rotatable bonds is 8. The van der Waals surface area contributed by atoms with Crippen LogP contribution in [0.2, 0.25) is 0 Å². The van der Waals surface area contributed by atoms with Crippen LogP contribution in [0.25, 0.3) is 72.0 Å². The van der Waals surface area contributed by atoms with Crippen LogP contribution in [-0.2, 0) is 0 Å². The first-order valence-corrected chi connectivity index (χ1v) is 20.0. The van der Waals surface area contributed by atoms with Crippen LogP contribution in [0.4, 0.5) is 17.1 Å². The van der Waals surface area contributed by atoms with Crippen molar-refractivity contribution in [2.24, 2.45) is 0 Å². The van der Waals surface area contributed by atoms with Gasteiger partial charge in [0.05, 0.1) is 11.0 Å². The summed E-state index contributed by atoms with van der Waals surface area (Å²) in [6, 6.07) is 79.3. The first-order chi connectivity index (χ1) is 28.6. The fourth-order valence-electron chi connectivity index (χ4n) is 8.53. The number of anilines is 3. The quantitative estimate of drug-likeness (QED) is 0.150. The molecule has 0 N–H and O–H groups in total. The molecule has 0 aliphatic heterocycles. The summed E-state index contributed by atoms with van der Waals surface area (Å²) in [5.41, 5.74) is 19.0. The number of aryl methyl sites for hydroxylation is 2. The Bertz CT molecular complexity index is 2970. The van der Waals surface area contributed by atoms with E-state index in [1.54, 1.807) is 0 Å². The van der Waals surface area contributed by atoms with Crippen LogP contribution in [0.5, 0.6) is 0 Å². The molecule has 0 unspecified atom stereocenters. The molecule has 1 aromatic heterocycles. The second-order valence-corrected chi connectivity index (χ2v) is 15.2. The van der Waals surface area contributed by atoms with Crippen LogP contribution in [0.15, 0.2) is 218 Å². The Hall–Kier alpha value is -7.42. The highest BCUT2D eigenvalue weighted by atomic mass is 15.1. The zero-order chi connectivity index (χ0) is 39.0. The van der Waals surface area contributed by atoms with Gasteiger partial charge < -0.3 is 9.47 Å². The minimum absolute atomic E-state index is 1.10. The van der Waals surface area contributed by atoms with Gasteiger partial charge in [0.2, 0.25) is 0 Å². The van der Waals surface area contributed by atoms with Crippen LogP contribution in [0.1, 0.15) is 11.1 Å². The summed E-state index contributed by atoms with van der Waals surface area (Å²) >= 11 is 0. The molecule has 0 atom stereocenters. The predicted octanol–water partition coefficient (Wildman–Crippen LogP) is 15.5. The average Bonchev–Trinajstić information content (AvgIpc) is 3.62. The van der Waals surface area contributed by atoms with Gasteiger partial charge in [-0.15, -0.1) is 0 Å². The molecule has 0 radical (unpaired) electrons. The Kier molecular flexibility index (Phi) is 9.01. The summed E-state index contributed by atoms with van der Waals surface area (Å²) in [7, 11) is 0. The molecule has 0 fully saturated rings. The molecule has 2 heteroatoms. The van der Waals surface area contributed by atoms with Crippen molar-refractivity contribution in [1.82, 2.24) is 4.57 Å². The highest BCUT2D eigenvalue weighted by Crippen LogP contribution is 2.39. The van der Waals surface area contributed by atoms with Crippen molar-refractivity contribution in [3.63, 3.8) is 0 Å². The molecule has 0 saturated heterocycles. The van der Waals surface area contributed by atoms with Gasteiger partial charge in [-0.05, 0) is 125 Å². The van der Waals surface area contributed by atoms with Crippen LogP contribution in [0.3, 0.4) is 0 Å². The molecule has 1 heterocycles. The van der Waals surface area contributed by atoms with E-state index in [0.717, 1.165) is 22.7 Å². The zero-order valence-electron chi connectivity index (χ0n) is 32.7. The molecule has 0 saturated carbocycles. The number of para-hydroxylation sites is 2. The molecule has 0 aliphatic carbocycles. The Morgan fingerprint density at radius 2 is 0.724 bits per heavy atom. The summed E-state index contributed by atoms with van der Waals surface area (Å²) in [4.78, 5) is 2.36. The van der Waals surface area contributed by atoms with E-state index in [9.17, 15) is 0 Å². The lowest BCUT2D eigenvalue weighted by Crippen LogP contribution is -2.10. The number of aromatic nitrogens is 1. The second kappa shape index (κ2) is 14.9. The van der Waals surface area contributed by atoms with Crippen LogP contribution in [-0.4, -0.2) is 4.57 Å². The third kappa shape index (κ3) is 6.65. The topological polar surface area (TPSA) is 8.17 Å². The average molecular weight is 743 g/mol. The molecular formula is C56H42N2. The zero-order valence-corrected chi connectivity index (χ0v) is 32.7. The molecule has 276 valence electrons. The number of hydrogen-bond donors (Lipinski definition) is 0. The molecule has 9 aromatic carbocycles. The minimum Gasteiger partial charge on any atom is -0.310 e. The third-order valence-electron chi connectivity index (χ3n) is 11.3. The number of hydrogen-bond acceptors (Lipinski definition) is 1. The van der Waals surface area contributed by atoms with Gasteiger partial charge in [0.25, 0.3) is 0 Å². The van der Waals surface area contributed by atoms with E-state index in [0.29, 0.717) is 0 Å². The summed E-state index contributed by atoms with van der Waals surface area (Å²) in [5, 5.41) is 2.54. The number of fused-ring (bicyclic) bond motifs is 3. The molecule has 0 bridgehead atoms. The summed E-state index contributed by atoms with van der Waals surface area (Å²) in [6.07, 6.45) is 0. The van der Waals surface area contributed by atoms with Gasteiger partial charge in [-0.3, -0.25) is 0 Å². The van der Waals surface area contributed by atoms with Gasteiger partial charge >= 0.3 is 0 Å². The molecule has 2 nitrogen and oxygen atoms in total. The van der Waals surface area contributed by atoms with Gasteiger partial charge in [0, 0.05) is 33.5 Å². The maximum absolute atomic E-state index is 2.37. The highest BCUT2D eigenvalue weighted by molar-refractivity contribution is 6.09. The van der Waals surface area contributed by atoms with E-state index in [1.165, 1.54) is 77.4 Å². The van der Waals surface area contributed by atoms with Gasteiger partial charge in [0.15, 0.2) is 0 Å². The maximum Gasteiger partial charge on any atom is 0.0541 e. The molecule has 58 heavy (non-hydrogen) atoms. The monoisotopic (exact) mass is 742 g/mol. The summed E-state index contributed by atoms with van der Waals surface area (Å²) in [6.45, 7) is 4.34. The van der Waals surface area contributed by atoms with Gasteiger partial charge in [0.1, 0.15) is 0 Å². The smallest absolute Gasteiger partial charge is 0.0541 e.